The largest absolute Gasteiger partial charge is 0.410 e. The first-order valence-corrected chi connectivity index (χ1v) is 10.1. The van der Waals surface area contributed by atoms with E-state index in [-0.39, 0.29) is 0 Å². The molecule has 152 valence electrons. The molecule has 1 aliphatic heterocycles. The van der Waals surface area contributed by atoms with Gasteiger partial charge in [0, 0.05) is 31.2 Å². The van der Waals surface area contributed by atoms with Crippen molar-refractivity contribution in [3.8, 4) is 5.75 Å². The predicted molar refractivity (Wildman–Crippen MR) is 115 cm³/mol. The third-order valence-corrected chi connectivity index (χ3v) is 5.44. The number of hydrogen-bond acceptors (Lipinski definition) is 5. The van der Waals surface area contributed by atoms with Crippen LogP contribution in [0, 0.1) is 0 Å². The van der Waals surface area contributed by atoms with Crippen LogP contribution in [0.1, 0.15) is 12.0 Å². The van der Waals surface area contributed by atoms with Gasteiger partial charge in [0.1, 0.15) is 5.52 Å². The molecule has 3 aromatic rings. The van der Waals surface area contributed by atoms with Crippen molar-refractivity contribution < 1.29 is 9.53 Å². The van der Waals surface area contributed by atoms with Gasteiger partial charge in [-0.15, -0.1) is 0 Å². The Morgan fingerprint density at radius 2 is 1.97 bits per heavy atom. The Morgan fingerprint density at radius 1 is 1.14 bits per heavy atom. The van der Waals surface area contributed by atoms with Crippen LogP contribution < -0.4 is 15.4 Å². The summed E-state index contributed by atoms with van der Waals surface area (Å²) in [5.74, 6) is 1.16. The van der Waals surface area contributed by atoms with Crippen LogP contribution in [-0.2, 0) is 6.42 Å². The quantitative estimate of drug-likeness (QED) is 0.669. The molecular formula is C21H24ClN5O2. The molecule has 3 N–H and O–H groups in total. The van der Waals surface area contributed by atoms with E-state index in [0.717, 1.165) is 62.1 Å². The molecule has 0 atom stereocenters. The number of anilines is 1. The first kappa shape index (κ1) is 19.5. The molecule has 8 heteroatoms. The Bertz CT molecular complexity index is 988. The average molecular weight is 414 g/mol. The Labute approximate surface area is 174 Å². The number of nitrogens with zero attached hydrogens (tertiary/aromatic N) is 3. The molecule has 0 bridgehead atoms. The monoisotopic (exact) mass is 413 g/mol. The van der Waals surface area contributed by atoms with Gasteiger partial charge in [-0.05, 0) is 49.2 Å². The fourth-order valence-corrected chi connectivity index (χ4v) is 3.80. The van der Waals surface area contributed by atoms with E-state index in [1.807, 2.05) is 24.3 Å². The SMILES string of the molecule is NC(=O)Oc1cccc2[nH]c(N3CCCN(CCc4ccc(Cl)cc4)CC3)nc12. The zero-order chi connectivity index (χ0) is 20.2. The van der Waals surface area contributed by atoms with Crippen molar-refractivity contribution in [2.45, 2.75) is 12.8 Å². The molecule has 0 radical (unpaired) electrons. The zero-order valence-corrected chi connectivity index (χ0v) is 16.9. The molecule has 0 unspecified atom stereocenters. The number of ether oxygens (including phenoxy) is 1. The summed E-state index contributed by atoms with van der Waals surface area (Å²) in [7, 11) is 0. The van der Waals surface area contributed by atoms with E-state index in [4.69, 9.17) is 22.1 Å². The molecule has 1 aliphatic rings. The molecule has 2 aromatic carbocycles. The van der Waals surface area contributed by atoms with Gasteiger partial charge in [0.05, 0.1) is 5.52 Å². The van der Waals surface area contributed by atoms with Crippen molar-refractivity contribution >= 4 is 34.7 Å². The Hall–Kier alpha value is -2.77. The van der Waals surface area contributed by atoms with Gasteiger partial charge in [0.15, 0.2) is 5.75 Å². The number of amides is 1. The number of benzene rings is 2. The normalized spacial score (nSPS) is 15.4. The molecule has 0 spiro atoms. The van der Waals surface area contributed by atoms with Gasteiger partial charge in [-0.25, -0.2) is 9.78 Å². The lowest BCUT2D eigenvalue weighted by atomic mass is 10.1. The summed E-state index contributed by atoms with van der Waals surface area (Å²) >= 11 is 5.96. The van der Waals surface area contributed by atoms with Crippen molar-refractivity contribution in [3.63, 3.8) is 0 Å². The maximum atomic E-state index is 11.1. The minimum Gasteiger partial charge on any atom is -0.408 e. The number of nitrogens with one attached hydrogen (secondary N) is 1. The van der Waals surface area contributed by atoms with Crippen LogP contribution in [0.25, 0.3) is 11.0 Å². The Morgan fingerprint density at radius 3 is 2.76 bits per heavy atom. The summed E-state index contributed by atoms with van der Waals surface area (Å²) in [6, 6.07) is 13.5. The number of fused-ring (bicyclic) bond motifs is 1. The highest BCUT2D eigenvalue weighted by atomic mass is 35.5. The molecule has 4 rings (SSSR count). The number of carbonyl (C=O) groups is 1. The van der Waals surface area contributed by atoms with Gasteiger partial charge in [-0.2, -0.15) is 0 Å². The number of primary amides is 1. The van der Waals surface area contributed by atoms with Crippen LogP contribution in [0.4, 0.5) is 10.7 Å². The summed E-state index contributed by atoms with van der Waals surface area (Å²) in [6.45, 7) is 4.84. The van der Waals surface area contributed by atoms with E-state index < -0.39 is 6.09 Å². The highest BCUT2D eigenvalue weighted by Crippen LogP contribution is 2.26. The average Bonchev–Trinajstić information content (AvgIpc) is 3.00. The van der Waals surface area contributed by atoms with Gasteiger partial charge >= 0.3 is 6.09 Å². The van der Waals surface area contributed by atoms with Crippen molar-refractivity contribution in [2.24, 2.45) is 5.73 Å². The predicted octanol–water partition coefficient (Wildman–Crippen LogP) is 3.43. The molecule has 29 heavy (non-hydrogen) atoms. The minimum atomic E-state index is -0.840. The first-order valence-electron chi connectivity index (χ1n) is 9.76. The highest BCUT2D eigenvalue weighted by molar-refractivity contribution is 6.30. The van der Waals surface area contributed by atoms with E-state index in [9.17, 15) is 4.79 Å². The van der Waals surface area contributed by atoms with Crippen LogP contribution in [0.5, 0.6) is 5.75 Å². The number of rotatable bonds is 5. The van der Waals surface area contributed by atoms with E-state index >= 15 is 0 Å². The standard InChI is InChI=1S/C21H24ClN5O2/c22-16-7-5-15(6-8-16)9-12-26-10-2-11-27(14-13-26)21-24-17-3-1-4-18(19(17)25-21)29-20(23)28/h1,3-8H,2,9-14H2,(H2,23,28)(H,24,25). The van der Waals surface area contributed by atoms with E-state index in [1.165, 1.54) is 5.56 Å². The van der Waals surface area contributed by atoms with Crippen molar-refractivity contribution in [1.82, 2.24) is 14.9 Å². The maximum absolute atomic E-state index is 11.1. The van der Waals surface area contributed by atoms with Crippen LogP contribution in [-0.4, -0.2) is 53.7 Å². The molecule has 7 nitrogen and oxygen atoms in total. The second-order valence-electron chi connectivity index (χ2n) is 7.19. The number of H-pyrrole nitrogens is 1. The minimum absolute atomic E-state index is 0.372. The van der Waals surface area contributed by atoms with Crippen LogP contribution >= 0.6 is 11.6 Å². The number of imidazole rings is 1. The molecular weight excluding hydrogens is 390 g/mol. The van der Waals surface area contributed by atoms with Crippen LogP contribution in [0.2, 0.25) is 5.02 Å². The van der Waals surface area contributed by atoms with Gasteiger partial charge in [0.2, 0.25) is 5.95 Å². The number of para-hydroxylation sites is 1. The lowest BCUT2D eigenvalue weighted by Crippen LogP contribution is -2.32. The van der Waals surface area contributed by atoms with Gasteiger partial charge in [-0.3, -0.25) is 0 Å². The van der Waals surface area contributed by atoms with Gasteiger partial charge in [-0.1, -0.05) is 29.8 Å². The zero-order valence-electron chi connectivity index (χ0n) is 16.1. The number of halogens is 1. The molecule has 1 fully saturated rings. The third kappa shape index (κ3) is 4.81. The second kappa shape index (κ2) is 8.71. The van der Waals surface area contributed by atoms with E-state index in [2.05, 4.69) is 31.9 Å². The number of nitrogens with two attached hydrogens (primary N) is 1. The first-order chi connectivity index (χ1) is 14.1. The molecule has 0 saturated carbocycles. The fraction of sp³-hybridized carbons (Fsp3) is 0.333. The molecule has 0 aliphatic carbocycles. The summed E-state index contributed by atoms with van der Waals surface area (Å²) in [4.78, 5) is 23.9. The lowest BCUT2D eigenvalue weighted by molar-refractivity contribution is 0.211. The third-order valence-electron chi connectivity index (χ3n) is 5.19. The van der Waals surface area contributed by atoms with Crippen molar-refractivity contribution in [3.05, 3.63) is 53.1 Å². The smallest absolute Gasteiger partial charge is 0.408 e. The molecule has 1 saturated heterocycles. The second-order valence-corrected chi connectivity index (χ2v) is 7.63. The number of hydrogen-bond donors (Lipinski definition) is 2. The number of carbonyl (C=O) groups excluding carboxylic acids is 1. The van der Waals surface area contributed by atoms with Gasteiger partial charge in [0.25, 0.3) is 0 Å². The fourth-order valence-electron chi connectivity index (χ4n) is 3.68. The summed E-state index contributed by atoms with van der Waals surface area (Å²) in [6.07, 6.45) is 1.23. The molecule has 1 aromatic heterocycles. The molecule has 1 amide bonds. The Balaban J connectivity index is 1.40. The number of aromatic amines is 1. The highest BCUT2D eigenvalue weighted by Gasteiger charge is 2.19. The van der Waals surface area contributed by atoms with Crippen LogP contribution in [0.3, 0.4) is 0 Å². The molecule has 2 heterocycles. The Kier molecular flexibility index (Phi) is 5.87. The maximum Gasteiger partial charge on any atom is 0.410 e. The van der Waals surface area contributed by atoms with E-state index in [1.54, 1.807) is 6.07 Å². The summed E-state index contributed by atoms with van der Waals surface area (Å²) in [5.41, 5.74) is 7.90. The lowest BCUT2D eigenvalue weighted by Gasteiger charge is -2.21. The summed E-state index contributed by atoms with van der Waals surface area (Å²) in [5, 5.41) is 0.773. The number of aromatic nitrogens is 2. The summed E-state index contributed by atoms with van der Waals surface area (Å²) < 4.78 is 5.07. The van der Waals surface area contributed by atoms with Crippen molar-refractivity contribution in [1.29, 1.82) is 0 Å². The van der Waals surface area contributed by atoms with Crippen molar-refractivity contribution in [2.75, 3.05) is 37.6 Å². The van der Waals surface area contributed by atoms with Gasteiger partial charge < -0.3 is 25.3 Å². The van der Waals surface area contributed by atoms with Crippen LogP contribution in [0.15, 0.2) is 42.5 Å². The topological polar surface area (TPSA) is 87.5 Å². The van der Waals surface area contributed by atoms with E-state index in [0.29, 0.717) is 11.3 Å².